The first-order valence-corrected chi connectivity index (χ1v) is 11.7. The van der Waals surface area contributed by atoms with Gasteiger partial charge in [-0.1, -0.05) is 12.8 Å². The highest BCUT2D eigenvalue weighted by Gasteiger charge is 2.37. The molecule has 0 radical (unpaired) electrons. The summed E-state index contributed by atoms with van der Waals surface area (Å²) in [5.41, 5.74) is 0. The van der Waals surface area contributed by atoms with Gasteiger partial charge >= 0.3 is 5.97 Å². The molecule has 1 amide bonds. The van der Waals surface area contributed by atoms with Crippen LogP contribution in [0, 0.1) is 5.92 Å². The third kappa shape index (κ3) is 6.20. The SMILES string of the molecule is CCOC(=O)/C(=C/C1CCC(OCCN2C(=O)COC3CCCCC32)CC1)OCC. The van der Waals surface area contributed by atoms with Crippen molar-refractivity contribution in [2.75, 3.05) is 33.0 Å². The van der Waals surface area contributed by atoms with Gasteiger partial charge in [0, 0.05) is 6.54 Å². The molecule has 0 aromatic rings. The van der Waals surface area contributed by atoms with E-state index in [4.69, 9.17) is 18.9 Å². The Morgan fingerprint density at radius 1 is 1.07 bits per heavy atom. The van der Waals surface area contributed by atoms with Crippen LogP contribution in [0.3, 0.4) is 0 Å². The molecule has 0 aromatic heterocycles. The first-order chi connectivity index (χ1) is 14.6. The highest BCUT2D eigenvalue weighted by molar-refractivity contribution is 5.86. The minimum Gasteiger partial charge on any atom is -0.487 e. The summed E-state index contributed by atoms with van der Waals surface area (Å²) in [6.45, 7) is 5.90. The van der Waals surface area contributed by atoms with E-state index in [-0.39, 0.29) is 36.7 Å². The van der Waals surface area contributed by atoms with Gasteiger partial charge in [-0.15, -0.1) is 0 Å². The Labute approximate surface area is 180 Å². The number of rotatable bonds is 9. The van der Waals surface area contributed by atoms with Crippen molar-refractivity contribution >= 4 is 11.9 Å². The van der Waals surface area contributed by atoms with Crippen LogP contribution in [0.1, 0.15) is 65.2 Å². The number of nitrogens with zero attached hydrogens (tertiary/aromatic N) is 1. The average Bonchev–Trinajstić information content (AvgIpc) is 2.76. The van der Waals surface area contributed by atoms with E-state index in [9.17, 15) is 9.59 Å². The van der Waals surface area contributed by atoms with E-state index in [0.29, 0.717) is 38.0 Å². The lowest BCUT2D eigenvalue weighted by molar-refractivity contribution is -0.162. The molecule has 3 aliphatic rings. The topological polar surface area (TPSA) is 74.3 Å². The number of hydrogen-bond donors (Lipinski definition) is 0. The number of carbonyl (C=O) groups excluding carboxylic acids is 2. The number of hydrogen-bond acceptors (Lipinski definition) is 6. The van der Waals surface area contributed by atoms with Crippen LogP contribution in [0.2, 0.25) is 0 Å². The maximum Gasteiger partial charge on any atom is 0.373 e. The largest absolute Gasteiger partial charge is 0.487 e. The Bertz CT molecular complexity index is 599. The third-order valence-electron chi connectivity index (χ3n) is 6.38. The molecule has 0 bridgehead atoms. The maximum atomic E-state index is 12.3. The molecule has 2 aliphatic carbocycles. The standard InChI is InChI=1S/C23H37NO6/c1-3-27-21(23(26)28-4-2)15-17-9-11-18(12-10-17)29-14-13-24-19-7-5-6-8-20(19)30-16-22(24)25/h15,17-20H,3-14,16H2,1-2H3/b21-15-. The van der Waals surface area contributed by atoms with Gasteiger partial charge in [0.15, 0.2) is 0 Å². The molecular formula is C23H37NO6. The summed E-state index contributed by atoms with van der Waals surface area (Å²) in [4.78, 5) is 26.3. The molecule has 2 unspecified atom stereocenters. The Morgan fingerprint density at radius 3 is 2.53 bits per heavy atom. The second-order valence-electron chi connectivity index (χ2n) is 8.38. The number of amides is 1. The second kappa shape index (κ2) is 11.7. The molecular weight excluding hydrogens is 386 g/mol. The molecule has 170 valence electrons. The van der Waals surface area contributed by atoms with Gasteiger partial charge < -0.3 is 23.8 Å². The Kier molecular flexibility index (Phi) is 9.00. The second-order valence-corrected chi connectivity index (χ2v) is 8.38. The summed E-state index contributed by atoms with van der Waals surface area (Å²) in [5.74, 6) is 0.350. The third-order valence-corrected chi connectivity index (χ3v) is 6.38. The van der Waals surface area contributed by atoms with E-state index in [0.717, 1.165) is 38.5 Å². The Hall–Kier alpha value is -1.60. The quantitative estimate of drug-likeness (QED) is 0.322. The summed E-state index contributed by atoms with van der Waals surface area (Å²) >= 11 is 0. The van der Waals surface area contributed by atoms with Gasteiger partial charge in [0.25, 0.3) is 0 Å². The van der Waals surface area contributed by atoms with Gasteiger partial charge in [0.1, 0.15) is 6.61 Å². The minimum absolute atomic E-state index is 0.0954. The molecule has 0 N–H and O–H groups in total. The highest BCUT2D eigenvalue weighted by Crippen LogP contribution is 2.30. The van der Waals surface area contributed by atoms with Gasteiger partial charge in [0.2, 0.25) is 11.7 Å². The molecule has 2 atom stereocenters. The van der Waals surface area contributed by atoms with Crippen LogP contribution in [0.15, 0.2) is 11.8 Å². The molecule has 1 heterocycles. The average molecular weight is 424 g/mol. The van der Waals surface area contributed by atoms with E-state index in [2.05, 4.69) is 0 Å². The molecule has 0 spiro atoms. The predicted octanol–water partition coefficient (Wildman–Crippen LogP) is 3.22. The lowest BCUT2D eigenvalue weighted by Crippen LogP contribution is -2.56. The molecule has 2 saturated carbocycles. The highest BCUT2D eigenvalue weighted by atomic mass is 16.6. The predicted molar refractivity (Wildman–Crippen MR) is 112 cm³/mol. The van der Waals surface area contributed by atoms with Gasteiger partial charge in [-0.2, -0.15) is 0 Å². The molecule has 3 fully saturated rings. The van der Waals surface area contributed by atoms with Crippen molar-refractivity contribution in [1.29, 1.82) is 0 Å². The van der Waals surface area contributed by atoms with Crippen molar-refractivity contribution < 1.29 is 28.5 Å². The zero-order valence-corrected chi connectivity index (χ0v) is 18.5. The lowest BCUT2D eigenvalue weighted by atomic mass is 9.87. The number of fused-ring (bicyclic) bond motifs is 1. The van der Waals surface area contributed by atoms with Crippen LogP contribution in [0.5, 0.6) is 0 Å². The Balaban J connectivity index is 1.41. The zero-order chi connectivity index (χ0) is 21.3. The summed E-state index contributed by atoms with van der Waals surface area (Å²) in [6, 6.07) is 0.226. The fraction of sp³-hybridized carbons (Fsp3) is 0.826. The van der Waals surface area contributed by atoms with Crippen molar-refractivity contribution in [2.24, 2.45) is 5.92 Å². The molecule has 1 saturated heterocycles. The summed E-state index contributed by atoms with van der Waals surface area (Å²) in [7, 11) is 0. The summed E-state index contributed by atoms with van der Waals surface area (Å²) < 4.78 is 22.4. The van der Waals surface area contributed by atoms with Crippen LogP contribution in [-0.2, 0) is 28.5 Å². The summed E-state index contributed by atoms with van der Waals surface area (Å²) in [6.07, 6.45) is 10.6. The molecule has 30 heavy (non-hydrogen) atoms. The fourth-order valence-corrected chi connectivity index (χ4v) is 4.85. The molecule has 7 nitrogen and oxygen atoms in total. The van der Waals surface area contributed by atoms with Crippen molar-refractivity contribution in [2.45, 2.75) is 83.5 Å². The van der Waals surface area contributed by atoms with Gasteiger partial charge in [-0.05, 0) is 64.4 Å². The van der Waals surface area contributed by atoms with E-state index in [1.165, 1.54) is 12.8 Å². The molecule has 7 heteroatoms. The van der Waals surface area contributed by atoms with Crippen molar-refractivity contribution in [3.05, 3.63) is 11.8 Å². The molecule has 1 aliphatic heterocycles. The van der Waals surface area contributed by atoms with Crippen LogP contribution in [-0.4, -0.2) is 68.0 Å². The monoisotopic (exact) mass is 423 g/mol. The van der Waals surface area contributed by atoms with E-state index in [1.54, 1.807) is 6.92 Å². The van der Waals surface area contributed by atoms with Crippen molar-refractivity contribution in [1.82, 2.24) is 4.90 Å². The zero-order valence-electron chi connectivity index (χ0n) is 18.5. The minimum atomic E-state index is -0.381. The smallest absolute Gasteiger partial charge is 0.373 e. The number of carbonyl (C=O) groups is 2. The van der Waals surface area contributed by atoms with Gasteiger partial charge in [-0.25, -0.2) is 4.79 Å². The first kappa shape index (κ1) is 23.1. The fourth-order valence-electron chi connectivity index (χ4n) is 4.85. The molecule has 3 rings (SSSR count). The number of allylic oxidation sites excluding steroid dienone is 1. The van der Waals surface area contributed by atoms with E-state index >= 15 is 0 Å². The maximum absolute atomic E-state index is 12.3. The van der Waals surface area contributed by atoms with Crippen molar-refractivity contribution in [3.63, 3.8) is 0 Å². The van der Waals surface area contributed by atoms with Crippen LogP contribution in [0.25, 0.3) is 0 Å². The van der Waals surface area contributed by atoms with Gasteiger partial charge in [-0.3, -0.25) is 4.79 Å². The normalized spacial score (nSPS) is 30.0. The van der Waals surface area contributed by atoms with Crippen LogP contribution < -0.4 is 0 Å². The molecule has 0 aromatic carbocycles. The first-order valence-electron chi connectivity index (χ1n) is 11.7. The summed E-state index contributed by atoms with van der Waals surface area (Å²) in [5, 5.41) is 0. The number of ether oxygens (including phenoxy) is 4. The van der Waals surface area contributed by atoms with Crippen LogP contribution >= 0.6 is 0 Å². The van der Waals surface area contributed by atoms with E-state index < -0.39 is 0 Å². The number of esters is 1. The van der Waals surface area contributed by atoms with E-state index in [1.807, 2.05) is 17.9 Å². The van der Waals surface area contributed by atoms with Crippen molar-refractivity contribution in [3.8, 4) is 0 Å². The number of morpholine rings is 1. The lowest BCUT2D eigenvalue weighted by Gasteiger charge is -2.43. The van der Waals surface area contributed by atoms with Gasteiger partial charge in [0.05, 0.1) is 38.1 Å². The Morgan fingerprint density at radius 2 is 1.80 bits per heavy atom. The van der Waals surface area contributed by atoms with Crippen LogP contribution in [0.4, 0.5) is 0 Å².